The van der Waals surface area contributed by atoms with Gasteiger partial charge in [0.2, 0.25) is 0 Å². The first-order valence-electron chi connectivity index (χ1n) is 7.26. The molecular weight excluding hydrogens is 240 g/mol. The van der Waals surface area contributed by atoms with Crippen LogP contribution in [0.4, 0.5) is 0 Å². The molecule has 0 radical (unpaired) electrons. The molecular formula is C15H24N2O2. The zero-order chi connectivity index (χ0) is 14.0. The number of rotatable bonds is 5. The minimum absolute atomic E-state index is 0.565. The van der Waals surface area contributed by atoms with Gasteiger partial charge in [0.05, 0.1) is 11.1 Å². The molecule has 2 rings (SSSR count). The molecule has 0 amide bonds. The van der Waals surface area contributed by atoms with Gasteiger partial charge in [-0.05, 0) is 37.7 Å². The van der Waals surface area contributed by atoms with E-state index in [2.05, 4.69) is 25.0 Å². The Bertz CT molecular complexity index is 467. The standard InChI is InChI=1S/C15H24N2O2/c1-4-11-6-7-15(9-11,14(18)19)10-13-8-12(5-2)16-17(13)3/h8,11H,4-7,9-10H2,1-3H3,(H,18,19). The van der Waals surface area contributed by atoms with Gasteiger partial charge in [0, 0.05) is 19.2 Å². The van der Waals surface area contributed by atoms with Crippen LogP contribution in [0.15, 0.2) is 6.07 Å². The predicted molar refractivity (Wildman–Crippen MR) is 74.0 cm³/mol. The van der Waals surface area contributed by atoms with Crippen molar-refractivity contribution in [3.05, 3.63) is 17.5 Å². The molecule has 1 heterocycles. The van der Waals surface area contributed by atoms with Crippen LogP contribution in [0.3, 0.4) is 0 Å². The number of carboxylic acid groups (broad SMARTS) is 1. The second-order valence-electron chi connectivity index (χ2n) is 5.88. The molecule has 0 aromatic carbocycles. The first-order valence-corrected chi connectivity index (χ1v) is 7.26. The minimum Gasteiger partial charge on any atom is -0.481 e. The highest BCUT2D eigenvalue weighted by Gasteiger charge is 2.45. The molecule has 2 unspecified atom stereocenters. The fourth-order valence-corrected chi connectivity index (χ4v) is 3.27. The normalized spacial score (nSPS) is 26.8. The van der Waals surface area contributed by atoms with Crippen molar-refractivity contribution in [1.29, 1.82) is 0 Å². The molecule has 1 aromatic heterocycles. The van der Waals surface area contributed by atoms with E-state index in [1.165, 1.54) is 0 Å². The topological polar surface area (TPSA) is 55.1 Å². The molecule has 4 heteroatoms. The summed E-state index contributed by atoms with van der Waals surface area (Å²) < 4.78 is 1.85. The van der Waals surface area contributed by atoms with E-state index in [1.54, 1.807) is 0 Å². The summed E-state index contributed by atoms with van der Waals surface area (Å²) in [5.74, 6) is -0.0716. The number of nitrogens with zero attached hydrogens (tertiary/aromatic N) is 2. The Morgan fingerprint density at radius 3 is 2.79 bits per heavy atom. The summed E-state index contributed by atoms with van der Waals surface area (Å²) in [6.45, 7) is 4.23. The van der Waals surface area contributed by atoms with Gasteiger partial charge in [-0.15, -0.1) is 0 Å². The second kappa shape index (κ2) is 5.35. The third kappa shape index (κ3) is 2.67. The van der Waals surface area contributed by atoms with Crippen LogP contribution >= 0.6 is 0 Å². The first kappa shape index (κ1) is 14.1. The van der Waals surface area contributed by atoms with Crippen molar-refractivity contribution in [2.24, 2.45) is 18.4 Å². The maximum atomic E-state index is 11.7. The Morgan fingerprint density at radius 1 is 1.58 bits per heavy atom. The summed E-state index contributed by atoms with van der Waals surface area (Å²) in [6, 6.07) is 2.06. The Labute approximate surface area is 114 Å². The number of aliphatic carboxylic acids is 1. The van der Waals surface area contributed by atoms with E-state index in [0.29, 0.717) is 12.3 Å². The van der Waals surface area contributed by atoms with Gasteiger partial charge in [0.25, 0.3) is 0 Å². The Hall–Kier alpha value is -1.32. The van der Waals surface area contributed by atoms with E-state index < -0.39 is 11.4 Å². The molecule has 19 heavy (non-hydrogen) atoms. The Kier molecular flexibility index (Phi) is 3.97. The van der Waals surface area contributed by atoms with Crippen molar-refractivity contribution in [3.8, 4) is 0 Å². The van der Waals surface area contributed by atoms with E-state index in [0.717, 1.165) is 43.5 Å². The predicted octanol–water partition coefficient (Wildman–Crippen LogP) is 2.81. The zero-order valence-electron chi connectivity index (χ0n) is 12.1. The molecule has 106 valence electrons. The van der Waals surface area contributed by atoms with Gasteiger partial charge in [0.1, 0.15) is 0 Å². The molecule has 1 aliphatic carbocycles. The van der Waals surface area contributed by atoms with Crippen molar-refractivity contribution in [2.75, 3.05) is 0 Å². The number of carbonyl (C=O) groups is 1. The maximum absolute atomic E-state index is 11.7. The summed E-state index contributed by atoms with van der Waals surface area (Å²) in [4.78, 5) is 11.7. The molecule has 4 nitrogen and oxygen atoms in total. The number of aromatic nitrogens is 2. The lowest BCUT2D eigenvalue weighted by molar-refractivity contribution is -0.148. The molecule has 1 aliphatic rings. The average Bonchev–Trinajstić information content (AvgIpc) is 2.95. The molecule has 1 N–H and O–H groups in total. The summed E-state index contributed by atoms with van der Waals surface area (Å²) in [5.41, 5.74) is 1.53. The quantitative estimate of drug-likeness (QED) is 0.889. The lowest BCUT2D eigenvalue weighted by Gasteiger charge is -2.24. The number of hydrogen-bond acceptors (Lipinski definition) is 2. The van der Waals surface area contributed by atoms with Crippen LogP contribution in [-0.2, 0) is 24.7 Å². The SMILES string of the molecule is CCc1cc(CC2(C(=O)O)CCC(CC)C2)n(C)n1. The average molecular weight is 264 g/mol. The van der Waals surface area contributed by atoms with Crippen LogP contribution in [0.5, 0.6) is 0 Å². The Morgan fingerprint density at radius 2 is 2.32 bits per heavy atom. The van der Waals surface area contributed by atoms with Crippen LogP contribution < -0.4 is 0 Å². The van der Waals surface area contributed by atoms with Crippen LogP contribution in [-0.4, -0.2) is 20.9 Å². The second-order valence-corrected chi connectivity index (χ2v) is 5.88. The molecule has 0 saturated heterocycles. The van der Waals surface area contributed by atoms with E-state index in [-0.39, 0.29) is 0 Å². The van der Waals surface area contributed by atoms with Gasteiger partial charge < -0.3 is 5.11 Å². The number of hydrogen-bond donors (Lipinski definition) is 1. The highest BCUT2D eigenvalue weighted by molar-refractivity contribution is 5.75. The minimum atomic E-state index is -0.636. The molecule has 0 aliphatic heterocycles. The van der Waals surface area contributed by atoms with Gasteiger partial charge in [0.15, 0.2) is 0 Å². The fraction of sp³-hybridized carbons (Fsp3) is 0.733. The fourth-order valence-electron chi connectivity index (χ4n) is 3.27. The van der Waals surface area contributed by atoms with Gasteiger partial charge in [-0.3, -0.25) is 9.48 Å². The van der Waals surface area contributed by atoms with Gasteiger partial charge in [-0.25, -0.2) is 0 Å². The van der Waals surface area contributed by atoms with Crippen LogP contribution in [0.1, 0.15) is 50.9 Å². The number of carboxylic acids is 1. The summed E-state index contributed by atoms with van der Waals surface area (Å²) in [6.07, 6.45) is 5.24. The molecule has 1 aromatic rings. The third-order valence-electron chi connectivity index (χ3n) is 4.65. The maximum Gasteiger partial charge on any atom is 0.310 e. The smallest absolute Gasteiger partial charge is 0.310 e. The molecule has 2 atom stereocenters. The third-order valence-corrected chi connectivity index (χ3v) is 4.65. The van der Waals surface area contributed by atoms with Gasteiger partial charge in [-0.1, -0.05) is 20.3 Å². The largest absolute Gasteiger partial charge is 0.481 e. The van der Waals surface area contributed by atoms with Crippen LogP contribution in [0.25, 0.3) is 0 Å². The van der Waals surface area contributed by atoms with E-state index in [9.17, 15) is 9.90 Å². The van der Waals surface area contributed by atoms with E-state index in [4.69, 9.17) is 0 Å². The van der Waals surface area contributed by atoms with Crippen molar-refractivity contribution < 1.29 is 9.90 Å². The monoisotopic (exact) mass is 264 g/mol. The number of aryl methyl sites for hydroxylation is 2. The molecule has 0 spiro atoms. The van der Waals surface area contributed by atoms with Crippen molar-refractivity contribution in [2.45, 2.75) is 52.4 Å². The van der Waals surface area contributed by atoms with E-state index >= 15 is 0 Å². The summed E-state index contributed by atoms with van der Waals surface area (Å²) in [5, 5.41) is 14.1. The van der Waals surface area contributed by atoms with Crippen LogP contribution in [0.2, 0.25) is 0 Å². The Balaban J connectivity index is 2.22. The zero-order valence-corrected chi connectivity index (χ0v) is 12.1. The summed E-state index contributed by atoms with van der Waals surface area (Å²) in [7, 11) is 1.91. The summed E-state index contributed by atoms with van der Waals surface area (Å²) >= 11 is 0. The van der Waals surface area contributed by atoms with Crippen molar-refractivity contribution in [3.63, 3.8) is 0 Å². The molecule has 1 saturated carbocycles. The van der Waals surface area contributed by atoms with Crippen LogP contribution in [0, 0.1) is 11.3 Å². The van der Waals surface area contributed by atoms with Gasteiger partial charge in [-0.2, -0.15) is 5.10 Å². The molecule has 1 fully saturated rings. The van der Waals surface area contributed by atoms with Gasteiger partial charge >= 0.3 is 5.97 Å². The lowest BCUT2D eigenvalue weighted by Crippen LogP contribution is -2.31. The molecule has 0 bridgehead atoms. The van der Waals surface area contributed by atoms with Crippen molar-refractivity contribution in [1.82, 2.24) is 9.78 Å². The highest BCUT2D eigenvalue weighted by atomic mass is 16.4. The highest BCUT2D eigenvalue weighted by Crippen LogP contribution is 2.45. The van der Waals surface area contributed by atoms with E-state index in [1.807, 2.05) is 11.7 Å². The lowest BCUT2D eigenvalue weighted by atomic mass is 9.80. The first-order chi connectivity index (χ1) is 9.00. The van der Waals surface area contributed by atoms with Crippen molar-refractivity contribution >= 4 is 5.97 Å².